The topological polar surface area (TPSA) is 50.7 Å². The van der Waals surface area contributed by atoms with E-state index in [0.29, 0.717) is 5.92 Å². The molecule has 4 heteroatoms. The zero-order valence-corrected chi connectivity index (χ0v) is 12.8. The summed E-state index contributed by atoms with van der Waals surface area (Å²) in [6.07, 6.45) is 7.33. The molecule has 4 nitrogen and oxygen atoms in total. The molecule has 0 saturated carbocycles. The van der Waals surface area contributed by atoms with Crippen LogP contribution in [-0.4, -0.2) is 22.0 Å². The molecule has 0 radical (unpaired) electrons. The second kappa shape index (κ2) is 6.20. The van der Waals surface area contributed by atoms with Crippen molar-refractivity contribution in [3.8, 4) is 0 Å². The quantitative estimate of drug-likeness (QED) is 0.934. The number of pyridine rings is 1. The fourth-order valence-electron chi connectivity index (χ4n) is 3.06. The average molecular weight is 282 g/mol. The molecule has 21 heavy (non-hydrogen) atoms. The van der Waals surface area contributed by atoms with Gasteiger partial charge in [-0.25, -0.2) is 9.97 Å². The van der Waals surface area contributed by atoms with E-state index < -0.39 is 0 Å². The summed E-state index contributed by atoms with van der Waals surface area (Å²) in [5, 5.41) is 3.16. The van der Waals surface area contributed by atoms with Crippen molar-refractivity contribution in [2.24, 2.45) is 0 Å². The fraction of sp³-hybridized carbons (Fsp3) is 0.471. The van der Waals surface area contributed by atoms with Crippen molar-refractivity contribution in [2.75, 3.05) is 12.4 Å². The van der Waals surface area contributed by atoms with Crippen LogP contribution in [0.3, 0.4) is 0 Å². The number of hydrogen-bond acceptors (Lipinski definition) is 4. The second-order valence-electron chi connectivity index (χ2n) is 5.59. The lowest BCUT2D eigenvalue weighted by Crippen LogP contribution is -2.15. The summed E-state index contributed by atoms with van der Waals surface area (Å²) >= 11 is 0. The Labute approximate surface area is 126 Å². The number of hydrogen-bond donors (Lipinski definition) is 1. The SMILES string of the molecule is CCCc1nc(NC)cc(C2CCCc3cccnc32)n1. The van der Waals surface area contributed by atoms with Crippen molar-refractivity contribution in [1.82, 2.24) is 15.0 Å². The number of aryl methyl sites for hydroxylation is 2. The molecular formula is C17H22N4. The molecule has 0 aromatic carbocycles. The smallest absolute Gasteiger partial charge is 0.131 e. The minimum Gasteiger partial charge on any atom is -0.373 e. The van der Waals surface area contributed by atoms with Gasteiger partial charge in [-0.3, -0.25) is 4.98 Å². The van der Waals surface area contributed by atoms with E-state index in [4.69, 9.17) is 4.98 Å². The molecule has 1 N–H and O–H groups in total. The van der Waals surface area contributed by atoms with Crippen LogP contribution in [0.25, 0.3) is 0 Å². The molecule has 2 aromatic heterocycles. The van der Waals surface area contributed by atoms with Gasteiger partial charge in [-0.2, -0.15) is 0 Å². The lowest BCUT2D eigenvalue weighted by Gasteiger charge is -2.24. The molecule has 1 aliphatic rings. The second-order valence-corrected chi connectivity index (χ2v) is 5.59. The van der Waals surface area contributed by atoms with E-state index in [1.165, 1.54) is 17.7 Å². The summed E-state index contributed by atoms with van der Waals surface area (Å²) in [6, 6.07) is 6.30. The number of rotatable bonds is 4. The van der Waals surface area contributed by atoms with Crippen molar-refractivity contribution >= 4 is 5.82 Å². The molecular weight excluding hydrogens is 260 g/mol. The van der Waals surface area contributed by atoms with Crippen molar-refractivity contribution < 1.29 is 0 Å². The Kier molecular flexibility index (Phi) is 4.13. The summed E-state index contributed by atoms with van der Waals surface area (Å²) in [5.74, 6) is 2.15. The molecule has 1 unspecified atom stereocenters. The van der Waals surface area contributed by atoms with Gasteiger partial charge in [-0.05, 0) is 37.3 Å². The maximum Gasteiger partial charge on any atom is 0.131 e. The zero-order valence-electron chi connectivity index (χ0n) is 12.8. The molecule has 2 aromatic rings. The Morgan fingerprint density at radius 1 is 1.33 bits per heavy atom. The Morgan fingerprint density at radius 3 is 3.05 bits per heavy atom. The van der Waals surface area contributed by atoms with E-state index in [1.54, 1.807) is 0 Å². The normalized spacial score (nSPS) is 17.3. The first-order chi connectivity index (χ1) is 10.3. The third-order valence-corrected chi connectivity index (χ3v) is 4.07. The van der Waals surface area contributed by atoms with Crippen LogP contribution in [0.4, 0.5) is 5.82 Å². The van der Waals surface area contributed by atoms with Crippen LogP contribution in [0.15, 0.2) is 24.4 Å². The standard InChI is InChI=1S/C17H22N4/c1-3-6-15-20-14(11-16(18-2)21-15)13-9-4-7-12-8-5-10-19-17(12)13/h5,8,10-11,13H,3-4,6-7,9H2,1-2H3,(H,18,20,21). The predicted molar refractivity (Wildman–Crippen MR) is 84.6 cm³/mol. The highest BCUT2D eigenvalue weighted by molar-refractivity contribution is 5.40. The molecule has 0 spiro atoms. The third-order valence-electron chi connectivity index (χ3n) is 4.07. The predicted octanol–water partition coefficient (Wildman–Crippen LogP) is 3.33. The van der Waals surface area contributed by atoms with Crippen molar-refractivity contribution in [1.29, 1.82) is 0 Å². The van der Waals surface area contributed by atoms with E-state index in [9.17, 15) is 0 Å². The summed E-state index contributed by atoms with van der Waals surface area (Å²) in [5.41, 5.74) is 3.68. The van der Waals surface area contributed by atoms with Crippen molar-refractivity contribution in [3.05, 3.63) is 47.2 Å². The highest BCUT2D eigenvalue weighted by atomic mass is 15.0. The van der Waals surface area contributed by atoms with Gasteiger partial charge in [0.05, 0.1) is 11.4 Å². The Bertz CT molecular complexity index is 624. The van der Waals surface area contributed by atoms with E-state index in [2.05, 4.69) is 34.3 Å². The van der Waals surface area contributed by atoms with Gasteiger partial charge in [-0.15, -0.1) is 0 Å². The van der Waals surface area contributed by atoms with Gasteiger partial charge >= 0.3 is 0 Å². The fourth-order valence-corrected chi connectivity index (χ4v) is 3.06. The lowest BCUT2D eigenvalue weighted by atomic mass is 9.84. The zero-order chi connectivity index (χ0) is 14.7. The molecule has 110 valence electrons. The largest absolute Gasteiger partial charge is 0.373 e. The van der Waals surface area contributed by atoms with Crippen LogP contribution in [-0.2, 0) is 12.8 Å². The Balaban J connectivity index is 2.02. The minimum absolute atomic E-state index is 0.306. The molecule has 3 rings (SSSR count). The molecule has 2 heterocycles. The summed E-state index contributed by atoms with van der Waals surface area (Å²) in [7, 11) is 1.91. The Hall–Kier alpha value is -1.97. The van der Waals surface area contributed by atoms with Crippen LogP contribution in [0.2, 0.25) is 0 Å². The molecule has 1 atom stereocenters. The van der Waals surface area contributed by atoms with Crippen molar-refractivity contribution in [2.45, 2.75) is 44.9 Å². The minimum atomic E-state index is 0.306. The van der Waals surface area contributed by atoms with E-state index in [0.717, 1.165) is 43.0 Å². The van der Waals surface area contributed by atoms with Gasteiger partial charge in [0, 0.05) is 31.6 Å². The van der Waals surface area contributed by atoms with Gasteiger partial charge in [0.15, 0.2) is 0 Å². The van der Waals surface area contributed by atoms with Crippen LogP contribution in [0.1, 0.15) is 54.9 Å². The summed E-state index contributed by atoms with van der Waals surface area (Å²) < 4.78 is 0. The first-order valence-corrected chi connectivity index (χ1v) is 7.81. The van der Waals surface area contributed by atoms with Gasteiger partial charge in [0.2, 0.25) is 0 Å². The average Bonchev–Trinajstić information content (AvgIpc) is 2.54. The van der Waals surface area contributed by atoms with Crippen LogP contribution < -0.4 is 5.32 Å². The third kappa shape index (κ3) is 2.89. The summed E-state index contributed by atoms with van der Waals surface area (Å²) in [4.78, 5) is 14.0. The highest BCUT2D eigenvalue weighted by Crippen LogP contribution is 2.34. The van der Waals surface area contributed by atoms with Crippen LogP contribution in [0, 0.1) is 0 Å². The monoisotopic (exact) mass is 282 g/mol. The van der Waals surface area contributed by atoms with Gasteiger partial charge in [-0.1, -0.05) is 13.0 Å². The highest BCUT2D eigenvalue weighted by Gasteiger charge is 2.24. The first-order valence-electron chi connectivity index (χ1n) is 7.81. The molecule has 0 aliphatic heterocycles. The van der Waals surface area contributed by atoms with Crippen molar-refractivity contribution in [3.63, 3.8) is 0 Å². The lowest BCUT2D eigenvalue weighted by molar-refractivity contribution is 0.583. The van der Waals surface area contributed by atoms with E-state index in [1.807, 2.05) is 19.3 Å². The molecule has 0 amide bonds. The molecule has 0 fully saturated rings. The first kappa shape index (κ1) is 14.0. The number of aromatic nitrogens is 3. The number of nitrogens with zero attached hydrogens (tertiary/aromatic N) is 3. The summed E-state index contributed by atoms with van der Waals surface area (Å²) in [6.45, 7) is 2.16. The van der Waals surface area contributed by atoms with E-state index in [-0.39, 0.29) is 0 Å². The molecule has 0 saturated heterocycles. The Morgan fingerprint density at radius 2 is 2.24 bits per heavy atom. The van der Waals surface area contributed by atoms with E-state index >= 15 is 0 Å². The molecule has 0 bridgehead atoms. The van der Waals surface area contributed by atoms with Gasteiger partial charge < -0.3 is 5.32 Å². The molecule has 1 aliphatic carbocycles. The van der Waals surface area contributed by atoms with Gasteiger partial charge in [0.1, 0.15) is 11.6 Å². The number of anilines is 1. The maximum absolute atomic E-state index is 4.80. The maximum atomic E-state index is 4.80. The number of nitrogens with one attached hydrogen (secondary N) is 1. The van der Waals surface area contributed by atoms with Gasteiger partial charge in [0.25, 0.3) is 0 Å². The van der Waals surface area contributed by atoms with Crippen LogP contribution in [0.5, 0.6) is 0 Å². The number of fused-ring (bicyclic) bond motifs is 1. The van der Waals surface area contributed by atoms with Crippen LogP contribution >= 0.6 is 0 Å².